The van der Waals surface area contributed by atoms with Gasteiger partial charge >= 0.3 is 0 Å². The average Bonchev–Trinajstić information content (AvgIpc) is 3.61. The van der Waals surface area contributed by atoms with Crippen molar-refractivity contribution in [3.63, 3.8) is 0 Å². The Morgan fingerprint density at radius 3 is 2.56 bits per heavy atom. The molecule has 3 N–H and O–H groups in total. The number of fused-ring (bicyclic) bond motifs is 1. The van der Waals surface area contributed by atoms with E-state index in [4.69, 9.17) is 4.42 Å². The molecular weight excluding hydrogens is 463 g/mol. The van der Waals surface area contributed by atoms with Crippen LogP contribution in [-0.2, 0) is 17.8 Å². The van der Waals surface area contributed by atoms with E-state index in [0.717, 1.165) is 11.1 Å². The van der Waals surface area contributed by atoms with Gasteiger partial charge in [-0.15, -0.1) is 0 Å². The molecule has 2 amide bonds. The van der Waals surface area contributed by atoms with Crippen LogP contribution in [0.3, 0.4) is 0 Å². The van der Waals surface area contributed by atoms with Crippen molar-refractivity contribution in [2.75, 3.05) is 5.32 Å². The first-order valence-electron chi connectivity index (χ1n) is 11.3. The minimum Gasteiger partial charge on any atom is -0.459 e. The number of hydrogen-bond acceptors (Lipinski definition) is 5. The van der Waals surface area contributed by atoms with Crippen LogP contribution in [0.5, 0.6) is 0 Å². The van der Waals surface area contributed by atoms with E-state index in [-0.39, 0.29) is 18.0 Å². The quantitative estimate of drug-likeness (QED) is 0.308. The lowest BCUT2D eigenvalue weighted by molar-refractivity contribution is -0.118. The van der Waals surface area contributed by atoms with E-state index in [2.05, 4.69) is 25.9 Å². The Hall–Kier alpha value is -4.73. The van der Waals surface area contributed by atoms with Gasteiger partial charge in [-0.3, -0.25) is 14.7 Å². The van der Waals surface area contributed by atoms with Gasteiger partial charge in [0, 0.05) is 6.42 Å². The highest BCUT2D eigenvalue weighted by atomic mass is 19.1. The summed E-state index contributed by atoms with van der Waals surface area (Å²) in [7, 11) is 0. The lowest BCUT2D eigenvalue weighted by atomic mass is 10.0. The Morgan fingerprint density at radius 2 is 1.83 bits per heavy atom. The predicted octanol–water partition coefficient (Wildman–Crippen LogP) is 3.83. The highest BCUT2D eigenvalue weighted by molar-refractivity contribution is 6.04. The van der Waals surface area contributed by atoms with Crippen LogP contribution < -0.4 is 10.6 Å². The molecule has 0 radical (unpaired) electrons. The Kier molecular flexibility index (Phi) is 6.31. The molecule has 3 heterocycles. The monoisotopic (exact) mass is 486 g/mol. The molecule has 5 aromatic rings. The number of rotatable bonds is 8. The van der Waals surface area contributed by atoms with Gasteiger partial charge in [0.2, 0.25) is 5.91 Å². The van der Waals surface area contributed by atoms with Crippen LogP contribution in [0.25, 0.3) is 11.0 Å². The number of aromatic amines is 1. The summed E-state index contributed by atoms with van der Waals surface area (Å²) in [5.74, 6) is -0.732. The summed E-state index contributed by atoms with van der Waals surface area (Å²) in [6.45, 7) is 2.20. The zero-order valence-electron chi connectivity index (χ0n) is 19.4. The van der Waals surface area contributed by atoms with E-state index >= 15 is 0 Å². The molecule has 0 aliphatic carbocycles. The molecule has 0 spiro atoms. The van der Waals surface area contributed by atoms with Gasteiger partial charge in [0.05, 0.1) is 23.9 Å². The van der Waals surface area contributed by atoms with Crippen molar-refractivity contribution in [1.82, 2.24) is 25.3 Å². The predicted molar refractivity (Wildman–Crippen MR) is 131 cm³/mol. The van der Waals surface area contributed by atoms with E-state index in [0.29, 0.717) is 29.1 Å². The molecule has 10 heteroatoms. The Balaban J connectivity index is 1.38. The Labute approximate surface area is 205 Å². The topological polar surface area (TPSA) is 118 Å². The van der Waals surface area contributed by atoms with Gasteiger partial charge in [0.1, 0.15) is 17.7 Å². The fourth-order valence-corrected chi connectivity index (χ4v) is 4.01. The summed E-state index contributed by atoms with van der Waals surface area (Å²) < 4.78 is 20.1. The fraction of sp³-hybridized carbons (Fsp3) is 0.154. The second-order valence-corrected chi connectivity index (χ2v) is 8.35. The van der Waals surface area contributed by atoms with Gasteiger partial charge in [-0.25, -0.2) is 9.07 Å². The second-order valence-electron chi connectivity index (χ2n) is 8.35. The van der Waals surface area contributed by atoms with E-state index in [9.17, 15) is 14.0 Å². The Bertz CT molecular complexity index is 1490. The molecule has 3 aromatic heterocycles. The third-order valence-electron chi connectivity index (χ3n) is 5.77. The summed E-state index contributed by atoms with van der Waals surface area (Å²) in [5, 5.41) is 18.0. The molecule has 2 aromatic carbocycles. The highest BCUT2D eigenvalue weighted by Crippen LogP contribution is 2.25. The van der Waals surface area contributed by atoms with Crippen molar-refractivity contribution in [2.24, 2.45) is 0 Å². The minimum absolute atomic E-state index is 0.114. The molecule has 1 unspecified atom stereocenters. The summed E-state index contributed by atoms with van der Waals surface area (Å²) in [6.07, 6.45) is 1.67. The van der Waals surface area contributed by atoms with Gasteiger partial charge in [0.15, 0.2) is 11.4 Å². The normalized spacial score (nSPS) is 11.9. The maximum Gasteiger partial charge on any atom is 0.287 e. The van der Waals surface area contributed by atoms with Crippen LogP contribution in [0, 0.1) is 12.7 Å². The lowest BCUT2D eigenvalue weighted by Gasteiger charge is -2.17. The molecular formula is C26H23FN6O3. The van der Waals surface area contributed by atoms with Crippen molar-refractivity contribution in [3.05, 3.63) is 101 Å². The van der Waals surface area contributed by atoms with Crippen molar-refractivity contribution >= 4 is 28.7 Å². The Morgan fingerprint density at radius 1 is 1.06 bits per heavy atom. The first kappa shape index (κ1) is 23.0. The lowest BCUT2D eigenvalue weighted by Crippen LogP contribution is -2.45. The molecule has 0 aliphatic rings. The van der Waals surface area contributed by atoms with E-state index in [1.165, 1.54) is 24.5 Å². The van der Waals surface area contributed by atoms with Crippen LogP contribution in [0.15, 0.2) is 77.4 Å². The summed E-state index contributed by atoms with van der Waals surface area (Å²) in [5.41, 5.74) is 2.95. The number of benzene rings is 2. The second kappa shape index (κ2) is 9.87. The minimum atomic E-state index is -0.877. The van der Waals surface area contributed by atoms with Gasteiger partial charge in [-0.1, -0.05) is 42.5 Å². The van der Waals surface area contributed by atoms with Crippen LogP contribution in [-0.4, -0.2) is 37.8 Å². The maximum absolute atomic E-state index is 13.3. The number of furan rings is 1. The molecule has 0 bridgehead atoms. The summed E-state index contributed by atoms with van der Waals surface area (Å²) >= 11 is 0. The number of H-pyrrole nitrogens is 1. The molecule has 9 nitrogen and oxygen atoms in total. The van der Waals surface area contributed by atoms with E-state index < -0.39 is 17.9 Å². The molecule has 1 atom stereocenters. The van der Waals surface area contributed by atoms with Crippen LogP contribution >= 0.6 is 0 Å². The van der Waals surface area contributed by atoms with Gasteiger partial charge in [-0.05, 0) is 42.3 Å². The number of anilines is 1. The van der Waals surface area contributed by atoms with Crippen LogP contribution in [0.4, 0.5) is 10.2 Å². The number of carbonyl (C=O) groups excluding carboxylic acids is 2. The number of nitrogens with zero attached hydrogens (tertiary/aromatic N) is 3. The van der Waals surface area contributed by atoms with Crippen molar-refractivity contribution in [3.8, 4) is 0 Å². The average molecular weight is 487 g/mol. The summed E-state index contributed by atoms with van der Waals surface area (Å²) in [4.78, 5) is 26.0. The molecule has 5 rings (SSSR count). The maximum atomic E-state index is 13.3. The largest absolute Gasteiger partial charge is 0.459 e. The number of nitrogens with one attached hydrogen (secondary N) is 3. The van der Waals surface area contributed by atoms with E-state index in [1.54, 1.807) is 22.9 Å². The van der Waals surface area contributed by atoms with Crippen molar-refractivity contribution < 1.29 is 18.4 Å². The molecule has 36 heavy (non-hydrogen) atoms. The SMILES string of the molecule is Cc1nn(Cc2ccc(F)cc2)c2n[nH]c(NC(=O)C(Cc3ccccc3)NC(=O)c3ccco3)c12. The van der Waals surface area contributed by atoms with Crippen LogP contribution in [0.2, 0.25) is 0 Å². The standard InChI is InChI=1S/C26H23FN6O3/c1-16-22-23(30-31-24(22)33(32-16)15-18-9-11-19(27)12-10-18)29-25(34)20(14-17-6-3-2-4-7-17)28-26(35)21-8-5-13-36-21/h2-13,20H,14-15H2,1H3,(H,28,35)(H2,29,30,31,34). The van der Waals surface area contributed by atoms with Crippen molar-refractivity contribution in [2.45, 2.75) is 25.9 Å². The van der Waals surface area contributed by atoms with Gasteiger partial charge < -0.3 is 15.1 Å². The molecule has 0 saturated heterocycles. The van der Waals surface area contributed by atoms with Gasteiger partial charge in [0.25, 0.3) is 5.91 Å². The third-order valence-corrected chi connectivity index (χ3v) is 5.77. The number of carbonyl (C=O) groups is 2. The number of amides is 2. The molecule has 0 fully saturated rings. The van der Waals surface area contributed by atoms with Crippen LogP contribution in [0.1, 0.15) is 27.4 Å². The zero-order valence-corrected chi connectivity index (χ0v) is 19.4. The first-order chi connectivity index (χ1) is 17.5. The summed E-state index contributed by atoms with van der Waals surface area (Å²) in [6, 6.07) is 17.8. The number of halogens is 1. The number of hydrogen-bond donors (Lipinski definition) is 3. The van der Waals surface area contributed by atoms with Gasteiger partial charge in [-0.2, -0.15) is 10.2 Å². The number of aryl methyl sites for hydroxylation is 1. The van der Waals surface area contributed by atoms with E-state index in [1.807, 2.05) is 37.3 Å². The van der Waals surface area contributed by atoms with Crippen molar-refractivity contribution in [1.29, 1.82) is 0 Å². The smallest absolute Gasteiger partial charge is 0.287 e. The zero-order chi connectivity index (χ0) is 25.1. The molecule has 0 aliphatic heterocycles. The number of aromatic nitrogens is 4. The first-order valence-corrected chi connectivity index (χ1v) is 11.3. The highest BCUT2D eigenvalue weighted by Gasteiger charge is 2.25. The third kappa shape index (κ3) is 4.88. The molecule has 182 valence electrons. The fourth-order valence-electron chi connectivity index (χ4n) is 4.01. The molecule has 0 saturated carbocycles.